The number of carbonyl (C=O) groups is 1. The Balaban J connectivity index is 2.37. The molecule has 1 aliphatic rings. The fourth-order valence-corrected chi connectivity index (χ4v) is 1.49. The van der Waals surface area contributed by atoms with Gasteiger partial charge in [0.1, 0.15) is 0 Å². The first kappa shape index (κ1) is 9.48. The summed E-state index contributed by atoms with van der Waals surface area (Å²) in [6, 6.07) is -0.292. The lowest BCUT2D eigenvalue weighted by Gasteiger charge is -2.19. The number of hydrogen-bond donors (Lipinski definition) is 2. The molecule has 0 aliphatic carbocycles. The Morgan fingerprint density at radius 1 is 1.83 bits per heavy atom. The summed E-state index contributed by atoms with van der Waals surface area (Å²) in [6.45, 7) is 3.26. The number of nitrogens with two attached hydrogens (primary N) is 1. The van der Waals surface area contributed by atoms with Gasteiger partial charge in [0.25, 0.3) is 0 Å². The molecule has 0 radical (unpaired) electrons. The lowest BCUT2D eigenvalue weighted by atomic mass is 10.2. The molecule has 3 N–H and O–H groups in total. The van der Waals surface area contributed by atoms with Crippen LogP contribution in [0, 0.1) is 5.92 Å². The van der Waals surface area contributed by atoms with Crippen LogP contribution in [0.1, 0.15) is 13.3 Å². The van der Waals surface area contributed by atoms with E-state index in [1.807, 2.05) is 6.92 Å². The van der Waals surface area contributed by atoms with Crippen LogP contribution >= 0.6 is 0 Å². The van der Waals surface area contributed by atoms with E-state index < -0.39 is 0 Å². The smallest absolute Gasteiger partial charge is 0.222 e. The maximum atomic E-state index is 11.2. The largest absolute Gasteiger partial charge is 0.395 e. The molecular weight excluding hydrogens is 156 g/mol. The number of aliphatic hydroxyl groups excluding tert-OH is 1. The highest BCUT2D eigenvalue weighted by Gasteiger charge is 2.26. The maximum absolute atomic E-state index is 11.2. The SMILES string of the molecule is CC1CC(=O)N(CC(N)CO)C1. The monoisotopic (exact) mass is 172 g/mol. The zero-order valence-corrected chi connectivity index (χ0v) is 7.36. The molecule has 0 aromatic heterocycles. The summed E-state index contributed by atoms with van der Waals surface area (Å²) in [6.07, 6.45) is 0.623. The normalized spacial score (nSPS) is 26.4. The Hall–Kier alpha value is -0.610. The van der Waals surface area contributed by atoms with Crippen LogP contribution in [0.2, 0.25) is 0 Å². The maximum Gasteiger partial charge on any atom is 0.222 e. The van der Waals surface area contributed by atoms with Crippen molar-refractivity contribution in [1.29, 1.82) is 0 Å². The van der Waals surface area contributed by atoms with Gasteiger partial charge in [-0.3, -0.25) is 4.79 Å². The Morgan fingerprint density at radius 2 is 2.50 bits per heavy atom. The van der Waals surface area contributed by atoms with Crippen LogP contribution in [0.15, 0.2) is 0 Å². The summed E-state index contributed by atoms with van der Waals surface area (Å²) in [4.78, 5) is 13.0. The Morgan fingerprint density at radius 3 is 2.92 bits per heavy atom. The number of hydrogen-bond acceptors (Lipinski definition) is 3. The van der Waals surface area contributed by atoms with Crippen LogP contribution in [0.5, 0.6) is 0 Å². The molecule has 1 amide bonds. The first-order chi connectivity index (χ1) is 5.63. The molecule has 4 heteroatoms. The van der Waals surface area contributed by atoms with Gasteiger partial charge in [-0.15, -0.1) is 0 Å². The molecule has 0 aromatic rings. The third-order valence-electron chi connectivity index (χ3n) is 2.10. The molecule has 2 unspecified atom stereocenters. The van der Waals surface area contributed by atoms with E-state index in [1.165, 1.54) is 0 Å². The standard InChI is InChI=1S/C8H16N2O2/c1-6-2-8(12)10(3-6)4-7(9)5-11/h6-7,11H,2-5,9H2,1H3. The predicted molar refractivity (Wildman–Crippen MR) is 45.4 cm³/mol. The van der Waals surface area contributed by atoms with E-state index in [4.69, 9.17) is 10.8 Å². The summed E-state index contributed by atoms with van der Waals surface area (Å²) in [5.41, 5.74) is 5.52. The topological polar surface area (TPSA) is 66.6 Å². The van der Waals surface area contributed by atoms with E-state index >= 15 is 0 Å². The Kier molecular flexibility index (Phi) is 3.05. The van der Waals surface area contributed by atoms with Crippen LogP contribution in [-0.2, 0) is 4.79 Å². The van der Waals surface area contributed by atoms with Gasteiger partial charge in [-0.1, -0.05) is 6.92 Å². The van der Waals surface area contributed by atoms with Crippen molar-refractivity contribution in [2.75, 3.05) is 19.7 Å². The lowest BCUT2D eigenvalue weighted by molar-refractivity contribution is -0.128. The number of carbonyl (C=O) groups excluding carboxylic acids is 1. The third-order valence-corrected chi connectivity index (χ3v) is 2.10. The Bertz CT molecular complexity index is 172. The molecule has 1 saturated heterocycles. The molecule has 0 bridgehead atoms. The molecule has 1 heterocycles. The van der Waals surface area contributed by atoms with Gasteiger partial charge < -0.3 is 15.7 Å². The van der Waals surface area contributed by atoms with Crippen LogP contribution in [0.25, 0.3) is 0 Å². The second kappa shape index (κ2) is 3.87. The van der Waals surface area contributed by atoms with Gasteiger partial charge in [-0.25, -0.2) is 0 Å². The molecule has 1 fully saturated rings. The molecule has 0 saturated carbocycles. The average molecular weight is 172 g/mol. The minimum Gasteiger partial charge on any atom is -0.395 e. The quantitative estimate of drug-likeness (QED) is 0.584. The van der Waals surface area contributed by atoms with Gasteiger partial charge in [0, 0.05) is 25.6 Å². The predicted octanol–water partition coefficient (Wildman–Crippen LogP) is -0.826. The molecule has 70 valence electrons. The van der Waals surface area contributed by atoms with Crippen molar-refractivity contribution in [2.24, 2.45) is 11.7 Å². The summed E-state index contributed by atoms with van der Waals surface area (Å²) >= 11 is 0. The van der Waals surface area contributed by atoms with Crippen molar-refractivity contribution in [1.82, 2.24) is 4.90 Å². The fraction of sp³-hybridized carbons (Fsp3) is 0.875. The van der Waals surface area contributed by atoms with Crippen molar-refractivity contribution < 1.29 is 9.90 Å². The molecule has 0 aromatic carbocycles. The van der Waals surface area contributed by atoms with E-state index in [1.54, 1.807) is 4.90 Å². The highest BCUT2D eigenvalue weighted by atomic mass is 16.3. The second-order valence-electron chi connectivity index (χ2n) is 3.55. The summed E-state index contributed by atoms with van der Waals surface area (Å²) in [7, 11) is 0. The molecule has 4 nitrogen and oxygen atoms in total. The van der Waals surface area contributed by atoms with Crippen molar-refractivity contribution >= 4 is 5.91 Å². The van der Waals surface area contributed by atoms with E-state index in [0.717, 1.165) is 6.54 Å². The van der Waals surface area contributed by atoms with Gasteiger partial charge in [0.15, 0.2) is 0 Å². The number of amides is 1. The average Bonchev–Trinajstić information content (AvgIpc) is 2.30. The van der Waals surface area contributed by atoms with Gasteiger partial charge in [0.05, 0.1) is 6.61 Å². The minimum atomic E-state index is -0.292. The number of nitrogens with zero attached hydrogens (tertiary/aromatic N) is 1. The highest BCUT2D eigenvalue weighted by Crippen LogP contribution is 2.16. The van der Waals surface area contributed by atoms with Gasteiger partial charge in [-0.05, 0) is 5.92 Å². The molecule has 12 heavy (non-hydrogen) atoms. The molecular formula is C8H16N2O2. The number of likely N-dealkylation sites (tertiary alicyclic amines) is 1. The third kappa shape index (κ3) is 2.19. The highest BCUT2D eigenvalue weighted by molar-refractivity contribution is 5.78. The van der Waals surface area contributed by atoms with Crippen LogP contribution in [0.3, 0.4) is 0 Å². The molecule has 0 spiro atoms. The summed E-state index contributed by atoms with van der Waals surface area (Å²) in [5.74, 6) is 0.592. The van der Waals surface area contributed by atoms with Crippen molar-refractivity contribution in [3.05, 3.63) is 0 Å². The van der Waals surface area contributed by atoms with E-state index in [2.05, 4.69) is 0 Å². The van der Waals surface area contributed by atoms with Gasteiger partial charge in [-0.2, -0.15) is 0 Å². The first-order valence-electron chi connectivity index (χ1n) is 4.27. The first-order valence-corrected chi connectivity index (χ1v) is 4.27. The number of rotatable bonds is 3. The van der Waals surface area contributed by atoms with Gasteiger partial charge >= 0.3 is 0 Å². The van der Waals surface area contributed by atoms with E-state index in [-0.39, 0.29) is 18.6 Å². The fourth-order valence-electron chi connectivity index (χ4n) is 1.49. The zero-order chi connectivity index (χ0) is 9.14. The van der Waals surface area contributed by atoms with Gasteiger partial charge in [0.2, 0.25) is 5.91 Å². The van der Waals surface area contributed by atoms with Crippen molar-refractivity contribution in [2.45, 2.75) is 19.4 Å². The second-order valence-corrected chi connectivity index (χ2v) is 3.55. The lowest BCUT2D eigenvalue weighted by Crippen LogP contribution is -2.40. The van der Waals surface area contributed by atoms with E-state index in [9.17, 15) is 4.79 Å². The minimum absolute atomic E-state index is 0.0574. The van der Waals surface area contributed by atoms with E-state index in [0.29, 0.717) is 18.9 Å². The van der Waals surface area contributed by atoms with Crippen molar-refractivity contribution in [3.8, 4) is 0 Å². The number of aliphatic hydroxyl groups is 1. The van der Waals surface area contributed by atoms with Crippen molar-refractivity contribution in [3.63, 3.8) is 0 Å². The molecule has 1 aliphatic heterocycles. The zero-order valence-electron chi connectivity index (χ0n) is 7.36. The summed E-state index contributed by atoms with van der Waals surface area (Å²) < 4.78 is 0. The summed E-state index contributed by atoms with van der Waals surface area (Å²) in [5, 5.41) is 8.68. The molecule has 1 rings (SSSR count). The molecule has 2 atom stereocenters. The van der Waals surface area contributed by atoms with Crippen LogP contribution in [-0.4, -0.2) is 41.7 Å². The Labute approximate surface area is 72.3 Å². The van der Waals surface area contributed by atoms with Crippen LogP contribution in [0.4, 0.5) is 0 Å². The van der Waals surface area contributed by atoms with Crippen LogP contribution < -0.4 is 5.73 Å².